The Hall–Kier alpha value is -1.72. The zero-order chi connectivity index (χ0) is 15.4. The predicted octanol–water partition coefficient (Wildman–Crippen LogP) is 3.50. The van der Waals surface area contributed by atoms with Gasteiger partial charge < -0.3 is 5.73 Å². The number of nitrogen functional groups attached to an aromatic ring is 1. The minimum atomic E-state index is -0.366. The summed E-state index contributed by atoms with van der Waals surface area (Å²) < 4.78 is 14.6. The first-order valence-electron chi connectivity index (χ1n) is 6.51. The number of halogens is 2. The van der Waals surface area contributed by atoms with Crippen LogP contribution in [0.4, 0.5) is 4.39 Å². The lowest BCUT2D eigenvalue weighted by atomic mass is 10.1. The van der Waals surface area contributed by atoms with Crippen molar-refractivity contribution >= 4 is 21.8 Å². The summed E-state index contributed by atoms with van der Waals surface area (Å²) >= 11 is 3.41. The van der Waals surface area contributed by atoms with Crippen molar-refractivity contribution in [2.24, 2.45) is 5.73 Å². The zero-order valence-corrected chi connectivity index (χ0v) is 13.3. The van der Waals surface area contributed by atoms with Gasteiger partial charge in [0.05, 0.1) is 0 Å². The monoisotopic (exact) mass is 349 g/mol. The topological polar surface area (TPSA) is 53.1 Å². The fraction of sp³-hybridized carbons (Fsp3) is 0.188. The van der Waals surface area contributed by atoms with Crippen LogP contribution in [0.2, 0.25) is 0 Å². The fourth-order valence-electron chi connectivity index (χ4n) is 2.17. The van der Waals surface area contributed by atoms with Gasteiger partial charge in [0.25, 0.3) is 0 Å². The number of hydrogen-bond acceptors (Lipinski definition) is 2. The Morgan fingerprint density at radius 3 is 2.38 bits per heavy atom. The molecule has 0 radical (unpaired) electrons. The first kappa shape index (κ1) is 15.7. The van der Waals surface area contributed by atoms with E-state index in [0.717, 1.165) is 16.6 Å². The molecule has 21 heavy (non-hydrogen) atoms. The highest BCUT2D eigenvalue weighted by atomic mass is 79.9. The number of nitrogens with two attached hydrogens (primary N) is 1. The molecule has 2 aromatic rings. The van der Waals surface area contributed by atoms with Gasteiger partial charge in [-0.3, -0.25) is 10.3 Å². The van der Waals surface area contributed by atoms with Gasteiger partial charge >= 0.3 is 0 Å². The molecule has 2 rings (SSSR count). The van der Waals surface area contributed by atoms with E-state index in [-0.39, 0.29) is 11.7 Å². The van der Waals surface area contributed by atoms with Crippen molar-refractivity contribution in [2.75, 3.05) is 7.05 Å². The molecule has 0 unspecified atom stereocenters. The highest BCUT2D eigenvalue weighted by molar-refractivity contribution is 9.10. The Kier molecular flexibility index (Phi) is 5.09. The lowest BCUT2D eigenvalue weighted by molar-refractivity contribution is 0.318. The van der Waals surface area contributed by atoms with Crippen molar-refractivity contribution in [3.05, 3.63) is 69.4 Å². The van der Waals surface area contributed by atoms with E-state index in [1.807, 2.05) is 31.3 Å². The van der Waals surface area contributed by atoms with E-state index in [0.29, 0.717) is 12.1 Å². The van der Waals surface area contributed by atoms with Crippen molar-refractivity contribution < 1.29 is 4.39 Å². The molecule has 0 aliphatic carbocycles. The molecule has 0 saturated carbocycles. The van der Waals surface area contributed by atoms with Gasteiger partial charge in [0.15, 0.2) is 0 Å². The van der Waals surface area contributed by atoms with Crippen molar-refractivity contribution in [3.63, 3.8) is 0 Å². The van der Waals surface area contributed by atoms with Gasteiger partial charge in [-0.05, 0) is 48.5 Å². The minimum absolute atomic E-state index is 0.119. The van der Waals surface area contributed by atoms with Crippen LogP contribution in [-0.4, -0.2) is 17.8 Å². The van der Waals surface area contributed by atoms with Crippen molar-refractivity contribution in [2.45, 2.75) is 13.1 Å². The van der Waals surface area contributed by atoms with Crippen molar-refractivity contribution in [1.82, 2.24) is 4.90 Å². The number of rotatable bonds is 5. The summed E-state index contributed by atoms with van der Waals surface area (Å²) in [5, 5.41) is 7.40. The SMILES string of the molecule is CN(Cc1ccc(Br)cc1)Cc1cc(F)cc(C(=N)N)c1. The number of hydrogen-bond donors (Lipinski definition) is 2. The minimum Gasteiger partial charge on any atom is -0.384 e. The highest BCUT2D eigenvalue weighted by Crippen LogP contribution is 2.14. The summed E-state index contributed by atoms with van der Waals surface area (Å²) in [5.41, 5.74) is 7.83. The average molecular weight is 350 g/mol. The molecule has 0 fully saturated rings. The normalized spacial score (nSPS) is 10.9. The Morgan fingerprint density at radius 2 is 1.76 bits per heavy atom. The van der Waals surface area contributed by atoms with E-state index in [1.165, 1.54) is 17.7 Å². The smallest absolute Gasteiger partial charge is 0.124 e. The molecule has 0 spiro atoms. The summed E-state index contributed by atoms with van der Waals surface area (Å²) in [7, 11) is 1.97. The Morgan fingerprint density at radius 1 is 1.14 bits per heavy atom. The van der Waals surface area contributed by atoms with Gasteiger partial charge in [-0.25, -0.2) is 4.39 Å². The van der Waals surface area contributed by atoms with Gasteiger partial charge in [0, 0.05) is 23.1 Å². The Bertz CT molecular complexity index is 640. The van der Waals surface area contributed by atoms with Crippen LogP contribution in [0.1, 0.15) is 16.7 Å². The highest BCUT2D eigenvalue weighted by Gasteiger charge is 2.06. The van der Waals surface area contributed by atoms with Crippen LogP contribution in [0.5, 0.6) is 0 Å². The molecule has 5 heteroatoms. The van der Waals surface area contributed by atoms with E-state index in [4.69, 9.17) is 11.1 Å². The van der Waals surface area contributed by atoms with Crippen LogP contribution in [0.25, 0.3) is 0 Å². The summed E-state index contributed by atoms with van der Waals surface area (Å²) in [6.45, 7) is 1.35. The van der Waals surface area contributed by atoms with Gasteiger partial charge in [0.1, 0.15) is 11.7 Å². The average Bonchev–Trinajstić information content (AvgIpc) is 2.40. The summed E-state index contributed by atoms with van der Waals surface area (Å²) in [4.78, 5) is 2.09. The van der Waals surface area contributed by atoms with E-state index in [9.17, 15) is 4.39 Å². The quantitative estimate of drug-likeness (QED) is 0.641. The number of benzene rings is 2. The third-order valence-electron chi connectivity index (χ3n) is 3.09. The van der Waals surface area contributed by atoms with Crippen LogP contribution < -0.4 is 5.73 Å². The molecule has 2 aromatic carbocycles. The molecule has 0 aliphatic heterocycles. The van der Waals surface area contributed by atoms with E-state index >= 15 is 0 Å². The molecule has 0 saturated heterocycles. The second-order valence-corrected chi connectivity index (χ2v) is 5.98. The lowest BCUT2D eigenvalue weighted by Crippen LogP contribution is -2.18. The standard InChI is InChI=1S/C16H17BrFN3/c1-21(9-11-2-4-14(17)5-3-11)10-12-6-13(16(19)20)8-15(18)7-12/h2-8H,9-10H2,1H3,(H3,19,20). The predicted molar refractivity (Wildman–Crippen MR) is 86.7 cm³/mol. The second-order valence-electron chi connectivity index (χ2n) is 5.06. The fourth-order valence-corrected chi connectivity index (χ4v) is 2.43. The zero-order valence-electron chi connectivity index (χ0n) is 11.7. The molecule has 0 atom stereocenters. The Labute approximate surface area is 132 Å². The molecular weight excluding hydrogens is 333 g/mol. The third kappa shape index (κ3) is 4.65. The molecule has 0 bridgehead atoms. The van der Waals surface area contributed by atoms with Crippen molar-refractivity contribution in [3.8, 4) is 0 Å². The van der Waals surface area contributed by atoms with Crippen LogP contribution in [-0.2, 0) is 13.1 Å². The van der Waals surface area contributed by atoms with Crippen LogP contribution in [0.3, 0.4) is 0 Å². The number of nitrogens with zero attached hydrogens (tertiary/aromatic N) is 1. The number of nitrogens with one attached hydrogen (secondary N) is 1. The molecule has 3 nitrogen and oxygen atoms in total. The van der Waals surface area contributed by atoms with E-state index in [2.05, 4.69) is 20.8 Å². The van der Waals surface area contributed by atoms with Crippen LogP contribution >= 0.6 is 15.9 Å². The molecule has 3 N–H and O–H groups in total. The molecule has 0 heterocycles. The molecule has 0 aliphatic rings. The molecule has 0 amide bonds. The van der Waals surface area contributed by atoms with Crippen LogP contribution in [0, 0.1) is 11.2 Å². The maximum Gasteiger partial charge on any atom is 0.124 e. The summed E-state index contributed by atoms with van der Waals surface area (Å²) in [5.74, 6) is -0.485. The largest absolute Gasteiger partial charge is 0.384 e. The Balaban J connectivity index is 2.07. The van der Waals surface area contributed by atoms with Crippen LogP contribution in [0.15, 0.2) is 46.9 Å². The molecule has 0 aromatic heterocycles. The maximum atomic E-state index is 13.5. The third-order valence-corrected chi connectivity index (χ3v) is 3.62. The second kappa shape index (κ2) is 6.83. The van der Waals surface area contributed by atoms with E-state index in [1.54, 1.807) is 6.07 Å². The van der Waals surface area contributed by atoms with Gasteiger partial charge in [-0.2, -0.15) is 0 Å². The maximum absolute atomic E-state index is 13.5. The van der Waals surface area contributed by atoms with Gasteiger partial charge in [0.2, 0.25) is 0 Å². The lowest BCUT2D eigenvalue weighted by Gasteiger charge is -2.17. The van der Waals surface area contributed by atoms with Crippen molar-refractivity contribution in [1.29, 1.82) is 5.41 Å². The summed E-state index contributed by atoms with van der Waals surface area (Å²) in [6, 6.07) is 12.6. The molecule has 110 valence electrons. The number of amidine groups is 1. The van der Waals surface area contributed by atoms with Gasteiger partial charge in [-0.15, -0.1) is 0 Å². The first-order valence-corrected chi connectivity index (χ1v) is 7.30. The molecular formula is C16H17BrFN3. The van der Waals surface area contributed by atoms with Gasteiger partial charge in [-0.1, -0.05) is 28.1 Å². The first-order chi connectivity index (χ1) is 9.94. The summed E-state index contributed by atoms with van der Waals surface area (Å²) in [6.07, 6.45) is 0. The van der Waals surface area contributed by atoms with E-state index < -0.39 is 0 Å².